The summed E-state index contributed by atoms with van der Waals surface area (Å²) in [6.45, 7) is 12.2. The summed E-state index contributed by atoms with van der Waals surface area (Å²) in [7, 11) is 0. The maximum Gasteiger partial charge on any atom is 0.313 e. The number of anilines is 2. The predicted octanol–water partition coefficient (Wildman–Crippen LogP) is 4.10. The largest absolute Gasteiger partial charge is 0.465 e. The van der Waals surface area contributed by atoms with Crippen LogP contribution in [-0.2, 0) is 23.9 Å². The molecule has 0 aromatic heterocycles. The van der Waals surface area contributed by atoms with Gasteiger partial charge in [0.2, 0.25) is 5.91 Å². The van der Waals surface area contributed by atoms with Crippen LogP contribution in [0.3, 0.4) is 0 Å². The summed E-state index contributed by atoms with van der Waals surface area (Å²) in [4.78, 5) is 48.7. The molecule has 43 heavy (non-hydrogen) atoms. The topological polar surface area (TPSA) is 99.6 Å². The fraction of sp³-hybridized carbons (Fsp3) is 0.618. The first kappa shape index (κ1) is 31.3. The smallest absolute Gasteiger partial charge is 0.313 e. The molecule has 5 rings (SSSR count). The Morgan fingerprint density at radius 2 is 1.72 bits per heavy atom. The number of benzene rings is 1. The lowest BCUT2D eigenvalue weighted by Gasteiger charge is -2.41. The summed E-state index contributed by atoms with van der Waals surface area (Å²) in [5.74, 6) is -2.81. The number of carbonyl (C=O) groups is 3. The number of hydrogen-bond acceptors (Lipinski definition) is 7. The van der Waals surface area contributed by atoms with Crippen molar-refractivity contribution in [2.45, 2.75) is 83.6 Å². The average molecular weight is 594 g/mol. The molecular weight excluding hydrogens is 546 g/mol. The second-order valence-corrected chi connectivity index (χ2v) is 12.6. The van der Waals surface area contributed by atoms with Crippen molar-refractivity contribution >= 4 is 29.2 Å². The third kappa shape index (κ3) is 5.18. The molecule has 1 aromatic carbocycles. The van der Waals surface area contributed by atoms with Crippen molar-refractivity contribution in [3.63, 3.8) is 0 Å². The Morgan fingerprint density at radius 3 is 2.35 bits per heavy atom. The Balaban J connectivity index is 1.64. The van der Waals surface area contributed by atoms with Crippen LogP contribution in [0.1, 0.15) is 60.3 Å². The van der Waals surface area contributed by atoms with Crippen molar-refractivity contribution in [2.24, 2.45) is 17.8 Å². The van der Waals surface area contributed by atoms with Crippen molar-refractivity contribution in [2.75, 3.05) is 42.6 Å². The lowest BCUT2D eigenvalue weighted by atomic mass is 9.73. The van der Waals surface area contributed by atoms with E-state index >= 15 is 0 Å². The molecule has 0 bridgehead atoms. The Morgan fingerprint density at radius 1 is 1.00 bits per heavy atom. The van der Waals surface area contributed by atoms with Crippen molar-refractivity contribution in [3.05, 3.63) is 48.6 Å². The lowest BCUT2D eigenvalue weighted by Crippen LogP contribution is -2.59. The van der Waals surface area contributed by atoms with Gasteiger partial charge in [-0.3, -0.25) is 14.4 Å². The molecule has 0 aliphatic carbocycles. The number of ether oxygens (including phenoxy) is 2. The lowest BCUT2D eigenvalue weighted by molar-refractivity contribution is -0.161. The van der Waals surface area contributed by atoms with E-state index in [4.69, 9.17) is 9.47 Å². The van der Waals surface area contributed by atoms with Gasteiger partial charge in [-0.05, 0) is 69.7 Å². The number of allylic oxidation sites excluding steroid dienone is 1. The van der Waals surface area contributed by atoms with Crippen LogP contribution in [0.15, 0.2) is 48.6 Å². The number of rotatable bonds is 9. The molecule has 2 fully saturated rings. The number of esters is 1. The molecule has 4 heterocycles. The summed E-state index contributed by atoms with van der Waals surface area (Å²) in [5.41, 5.74) is -0.700. The Hall–Kier alpha value is -3.17. The number of amides is 2. The highest BCUT2D eigenvalue weighted by atomic mass is 16.6. The van der Waals surface area contributed by atoms with Gasteiger partial charge >= 0.3 is 5.97 Å². The normalized spacial score (nSPS) is 31.9. The molecule has 4 aliphatic rings. The second-order valence-electron chi connectivity index (χ2n) is 12.6. The zero-order valence-electron chi connectivity index (χ0n) is 26.2. The summed E-state index contributed by atoms with van der Waals surface area (Å²) in [5, 5.41) is 10.6. The Bertz CT molecular complexity index is 1260. The summed E-state index contributed by atoms with van der Waals surface area (Å²) < 4.78 is 12.7. The average Bonchev–Trinajstić information content (AvgIpc) is 3.38. The minimum atomic E-state index is -1.39. The van der Waals surface area contributed by atoms with Crippen LogP contribution in [0.4, 0.5) is 11.4 Å². The van der Waals surface area contributed by atoms with E-state index in [0.29, 0.717) is 24.9 Å². The van der Waals surface area contributed by atoms with Crippen LogP contribution in [0.5, 0.6) is 0 Å². The number of aliphatic hydroxyl groups excluding tert-OH is 1. The second kappa shape index (κ2) is 12.4. The van der Waals surface area contributed by atoms with Gasteiger partial charge in [-0.25, -0.2) is 0 Å². The number of fused-ring (bicyclic) bond motifs is 2. The zero-order valence-corrected chi connectivity index (χ0v) is 26.2. The minimum Gasteiger partial charge on any atom is -0.465 e. The Labute approximate surface area is 255 Å². The van der Waals surface area contributed by atoms with Crippen LogP contribution in [-0.4, -0.2) is 83.9 Å². The molecule has 0 radical (unpaired) electrons. The van der Waals surface area contributed by atoms with Gasteiger partial charge in [0.1, 0.15) is 23.2 Å². The highest BCUT2D eigenvalue weighted by Crippen LogP contribution is 2.58. The van der Waals surface area contributed by atoms with E-state index in [1.807, 2.05) is 69.3 Å². The monoisotopic (exact) mass is 593 g/mol. The van der Waals surface area contributed by atoms with Gasteiger partial charge in [0, 0.05) is 31.0 Å². The number of carbonyl (C=O) groups excluding carboxylic acids is 3. The molecule has 2 saturated heterocycles. The maximum absolute atomic E-state index is 14.8. The van der Waals surface area contributed by atoms with Crippen LogP contribution in [0, 0.1) is 17.8 Å². The van der Waals surface area contributed by atoms with E-state index in [-0.39, 0.29) is 37.5 Å². The number of hydrogen-bond donors (Lipinski definition) is 1. The van der Waals surface area contributed by atoms with E-state index in [1.165, 1.54) is 0 Å². The SMILES string of the molecule is CCN(CC)c1ccc(N2CC=C[C@]34O[C@]5(CC)/C=C\CCCOC(=O)[C@@H]5[C@H]3C(=O)N([C@@H](CO)CC(C)C)C4C2=O)cc1. The molecule has 6 atom stereocenters. The third-order valence-corrected chi connectivity index (χ3v) is 9.71. The van der Waals surface area contributed by atoms with Gasteiger partial charge in [0.05, 0.1) is 25.2 Å². The number of likely N-dealkylation sites (tertiary alicyclic amines) is 1. The molecule has 1 unspecified atom stereocenters. The summed E-state index contributed by atoms with van der Waals surface area (Å²) in [6, 6.07) is 6.24. The first-order chi connectivity index (χ1) is 20.7. The number of nitrogens with zero attached hydrogens (tertiary/aromatic N) is 3. The molecule has 9 heteroatoms. The fourth-order valence-electron chi connectivity index (χ4n) is 7.69. The number of cyclic esters (lactones) is 1. The Kier molecular flexibility index (Phi) is 9.05. The molecule has 0 saturated carbocycles. The van der Waals surface area contributed by atoms with Gasteiger partial charge in [-0.1, -0.05) is 45.1 Å². The van der Waals surface area contributed by atoms with Crippen molar-refractivity contribution in [1.82, 2.24) is 4.90 Å². The summed E-state index contributed by atoms with van der Waals surface area (Å²) in [6.07, 6.45) is 10.0. The predicted molar refractivity (Wildman–Crippen MR) is 166 cm³/mol. The molecule has 4 aliphatic heterocycles. The summed E-state index contributed by atoms with van der Waals surface area (Å²) >= 11 is 0. The standard InChI is InChI=1S/C34H47N3O6/c1-6-33-17-10-9-11-20-42-32(41)28(33)27-30(39)37(26(22-38)21-23(4)5)29-31(40)36(19-12-18-34(27,29)43-33)25-15-13-24(14-16-25)35(7-2)8-3/h10,12-18,23,26-29,38H,6-9,11,19-22H2,1-5H3/b17-10-/t26-,27+,28+,29?,33-,34+/m1/s1. The van der Waals surface area contributed by atoms with Crippen LogP contribution in [0.25, 0.3) is 0 Å². The van der Waals surface area contributed by atoms with E-state index < -0.39 is 41.1 Å². The van der Waals surface area contributed by atoms with Gasteiger partial charge in [0.15, 0.2) is 0 Å². The molecule has 1 aromatic rings. The molecule has 1 spiro atoms. The van der Waals surface area contributed by atoms with Crippen LogP contribution >= 0.6 is 0 Å². The van der Waals surface area contributed by atoms with E-state index in [9.17, 15) is 19.5 Å². The van der Waals surface area contributed by atoms with E-state index in [1.54, 1.807) is 9.80 Å². The maximum atomic E-state index is 14.8. The first-order valence-electron chi connectivity index (χ1n) is 16.0. The number of aliphatic hydroxyl groups is 1. The highest BCUT2D eigenvalue weighted by molar-refractivity contribution is 6.06. The molecule has 9 nitrogen and oxygen atoms in total. The minimum absolute atomic E-state index is 0.162. The van der Waals surface area contributed by atoms with Crippen molar-refractivity contribution in [3.8, 4) is 0 Å². The highest BCUT2D eigenvalue weighted by Gasteiger charge is 2.76. The third-order valence-electron chi connectivity index (χ3n) is 9.71. The van der Waals surface area contributed by atoms with E-state index in [0.717, 1.165) is 25.2 Å². The van der Waals surface area contributed by atoms with Crippen LogP contribution in [0.2, 0.25) is 0 Å². The first-order valence-corrected chi connectivity index (χ1v) is 16.0. The fourth-order valence-corrected chi connectivity index (χ4v) is 7.69. The van der Waals surface area contributed by atoms with Crippen molar-refractivity contribution in [1.29, 1.82) is 0 Å². The van der Waals surface area contributed by atoms with Gasteiger partial charge in [-0.15, -0.1) is 0 Å². The van der Waals surface area contributed by atoms with E-state index in [2.05, 4.69) is 18.7 Å². The van der Waals surface area contributed by atoms with Crippen LogP contribution < -0.4 is 9.80 Å². The molecule has 1 N–H and O–H groups in total. The zero-order chi connectivity index (χ0) is 30.9. The molecule has 234 valence electrons. The van der Waals surface area contributed by atoms with Crippen molar-refractivity contribution < 1.29 is 29.0 Å². The van der Waals surface area contributed by atoms with Gasteiger partial charge in [-0.2, -0.15) is 0 Å². The van der Waals surface area contributed by atoms with Gasteiger partial charge in [0.25, 0.3) is 5.91 Å². The van der Waals surface area contributed by atoms with Gasteiger partial charge < -0.3 is 29.3 Å². The molecular formula is C34H47N3O6. The quantitative estimate of drug-likeness (QED) is 0.340. The molecule has 2 amide bonds.